The molecule has 2 atom stereocenters. The van der Waals surface area contributed by atoms with Crippen LogP contribution < -0.4 is 0 Å². The second-order valence-corrected chi connectivity index (χ2v) is 7.84. The fourth-order valence-corrected chi connectivity index (χ4v) is 4.30. The fraction of sp³-hybridized carbons (Fsp3) is 0.929. The third-order valence-corrected chi connectivity index (χ3v) is 5.95. The van der Waals surface area contributed by atoms with Crippen molar-refractivity contribution in [2.75, 3.05) is 19.3 Å². The van der Waals surface area contributed by atoms with Crippen LogP contribution in [0.3, 0.4) is 0 Å². The summed E-state index contributed by atoms with van der Waals surface area (Å²) in [6, 6.07) is 0. The molecule has 17 heavy (non-hydrogen) atoms. The summed E-state index contributed by atoms with van der Waals surface area (Å²) >= 11 is 1.80. The van der Waals surface area contributed by atoms with Gasteiger partial charge in [-0.1, -0.05) is 20.8 Å². The van der Waals surface area contributed by atoms with Gasteiger partial charge in [0.1, 0.15) is 0 Å². The van der Waals surface area contributed by atoms with Crippen molar-refractivity contribution in [1.82, 2.24) is 4.90 Å². The van der Waals surface area contributed by atoms with Crippen molar-refractivity contribution in [2.45, 2.75) is 51.2 Å². The van der Waals surface area contributed by atoms with Gasteiger partial charge in [-0.15, -0.1) is 11.8 Å². The average Bonchev–Trinajstić information content (AvgIpc) is 2.35. The molecule has 2 unspecified atom stereocenters. The molecule has 2 heterocycles. The molecule has 0 aliphatic carbocycles. The molecule has 0 N–H and O–H groups in total. The molecule has 2 fully saturated rings. The van der Waals surface area contributed by atoms with Crippen LogP contribution in [0.15, 0.2) is 0 Å². The zero-order chi connectivity index (χ0) is 12.7. The zero-order valence-corrected chi connectivity index (χ0v) is 12.4. The zero-order valence-electron chi connectivity index (χ0n) is 11.6. The van der Waals surface area contributed by atoms with Gasteiger partial charge in [0, 0.05) is 13.1 Å². The standard InChI is InChI=1S/C14H25NOS/c1-13(2,3)11-6-9-15-8-5-7-14(10-11,17-4)12(15)16/h11H,5-10H2,1-4H3. The number of amides is 1. The van der Waals surface area contributed by atoms with Crippen LogP contribution in [0.1, 0.15) is 46.5 Å². The van der Waals surface area contributed by atoms with E-state index in [-0.39, 0.29) is 4.75 Å². The predicted octanol–water partition coefficient (Wildman–Crippen LogP) is 3.17. The Morgan fingerprint density at radius 2 is 2.06 bits per heavy atom. The lowest BCUT2D eigenvalue weighted by molar-refractivity contribution is -0.135. The normalized spacial score (nSPS) is 34.7. The molecular formula is C14H25NOS. The van der Waals surface area contributed by atoms with Crippen LogP contribution in [0.5, 0.6) is 0 Å². The quantitative estimate of drug-likeness (QED) is 0.717. The van der Waals surface area contributed by atoms with Crippen LogP contribution in [-0.2, 0) is 4.79 Å². The number of rotatable bonds is 1. The van der Waals surface area contributed by atoms with E-state index >= 15 is 0 Å². The number of fused-ring (bicyclic) bond motifs is 2. The van der Waals surface area contributed by atoms with E-state index in [9.17, 15) is 4.79 Å². The first-order valence-corrected chi connectivity index (χ1v) is 7.96. The first-order chi connectivity index (χ1) is 7.89. The Morgan fingerprint density at radius 3 is 2.65 bits per heavy atom. The number of hydrogen-bond donors (Lipinski definition) is 0. The Labute approximate surface area is 110 Å². The van der Waals surface area contributed by atoms with E-state index in [1.165, 1.54) is 12.8 Å². The van der Waals surface area contributed by atoms with Gasteiger partial charge < -0.3 is 4.90 Å². The van der Waals surface area contributed by atoms with E-state index < -0.39 is 0 Å². The van der Waals surface area contributed by atoms with Crippen LogP contribution in [-0.4, -0.2) is 34.9 Å². The van der Waals surface area contributed by atoms with Crippen molar-refractivity contribution < 1.29 is 4.79 Å². The van der Waals surface area contributed by atoms with E-state index in [1.807, 2.05) is 0 Å². The highest BCUT2D eigenvalue weighted by Gasteiger charge is 2.48. The van der Waals surface area contributed by atoms with Gasteiger partial charge in [0.15, 0.2) is 0 Å². The van der Waals surface area contributed by atoms with E-state index in [2.05, 4.69) is 31.9 Å². The second kappa shape index (κ2) is 4.49. The van der Waals surface area contributed by atoms with Crippen molar-refractivity contribution >= 4 is 17.7 Å². The number of carbonyl (C=O) groups excluding carboxylic acids is 1. The molecule has 98 valence electrons. The molecule has 1 amide bonds. The Hall–Kier alpha value is -0.180. The van der Waals surface area contributed by atoms with Gasteiger partial charge in [-0.3, -0.25) is 4.79 Å². The summed E-state index contributed by atoms with van der Waals surface area (Å²) < 4.78 is -0.104. The number of thioether (sulfide) groups is 1. The highest BCUT2D eigenvalue weighted by Crippen LogP contribution is 2.47. The number of carbonyl (C=O) groups is 1. The maximum atomic E-state index is 12.6. The molecule has 2 saturated heterocycles. The van der Waals surface area contributed by atoms with Crippen LogP contribution in [0.25, 0.3) is 0 Å². The summed E-state index contributed by atoms with van der Waals surface area (Å²) in [5.74, 6) is 1.09. The molecule has 0 aromatic rings. The summed E-state index contributed by atoms with van der Waals surface area (Å²) in [4.78, 5) is 14.7. The van der Waals surface area contributed by atoms with Crippen molar-refractivity contribution in [3.63, 3.8) is 0 Å². The second-order valence-electron chi connectivity index (χ2n) is 6.65. The largest absolute Gasteiger partial charge is 0.341 e. The maximum Gasteiger partial charge on any atom is 0.238 e. The molecule has 2 rings (SSSR count). The van der Waals surface area contributed by atoms with Gasteiger partial charge in [0.25, 0.3) is 0 Å². The van der Waals surface area contributed by atoms with E-state index in [0.29, 0.717) is 17.2 Å². The van der Waals surface area contributed by atoms with Gasteiger partial charge >= 0.3 is 0 Å². The van der Waals surface area contributed by atoms with Crippen LogP contribution in [0.2, 0.25) is 0 Å². The lowest BCUT2D eigenvalue weighted by Crippen LogP contribution is -2.50. The third-order valence-electron chi connectivity index (χ3n) is 4.62. The highest BCUT2D eigenvalue weighted by molar-refractivity contribution is 8.00. The summed E-state index contributed by atoms with van der Waals surface area (Å²) in [6.45, 7) is 8.92. The SMILES string of the molecule is CSC12CCCN(CCC(C(C)(C)C)C1)C2=O. The van der Waals surface area contributed by atoms with Crippen molar-refractivity contribution in [2.24, 2.45) is 11.3 Å². The topological polar surface area (TPSA) is 20.3 Å². The lowest BCUT2D eigenvalue weighted by Gasteiger charge is -2.40. The highest BCUT2D eigenvalue weighted by atomic mass is 32.2. The van der Waals surface area contributed by atoms with Gasteiger partial charge in [-0.05, 0) is 43.3 Å². The lowest BCUT2D eigenvalue weighted by atomic mass is 9.73. The molecule has 0 aromatic heterocycles. The molecular weight excluding hydrogens is 230 g/mol. The van der Waals surface area contributed by atoms with Crippen molar-refractivity contribution in [1.29, 1.82) is 0 Å². The summed E-state index contributed by atoms with van der Waals surface area (Å²) in [6.07, 6.45) is 6.64. The molecule has 2 aliphatic heterocycles. The smallest absolute Gasteiger partial charge is 0.238 e. The molecule has 0 saturated carbocycles. The van der Waals surface area contributed by atoms with Crippen LogP contribution >= 0.6 is 11.8 Å². The van der Waals surface area contributed by atoms with Crippen molar-refractivity contribution in [3.05, 3.63) is 0 Å². The van der Waals surface area contributed by atoms with Gasteiger partial charge in [0.2, 0.25) is 5.91 Å². The Morgan fingerprint density at radius 1 is 1.35 bits per heavy atom. The van der Waals surface area contributed by atoms with Crippen LogP contribution in [0.4, 0.5) is 0 Å². The Balaban J connectivity index is 2.29. The molecule has 2 aliphatic rings. The van der Waals surface area contributed by atoms with E-state index in [0.717, 1.165) is 25.9 Å². The Bertz CT molecular complexity index is 310. The molecule has 0 aromatic carbocycles. The minimum atomic E-state index is -0.104. The van der Waals surface area contributed by atoms with Crippen molar-refractivity contribution in [3.8, 4) is 0 Å². The average molecular weight is 255 g/mol. The predicted molar refractivity (Wildman–Crippen MR) is 74.2 cm³/mol. The maximum absolute atomic E-state index is 12.6. The summed E-state index contributed by atoms with van der Waals surface area (Å²) in [5.41, 5.74) is 0.321. The van der Waals surface area contributed by atoms with Gasteiger partial charge in [-0.2, -0.15) is 0 Å². The monoisotopic (exact) mass is 255 g/mol. The van der Waals surface area contributed by atoms with Crippen LogP contribution in [0, 0.1) is 11.3 Å². The first-order valence-electron chi connectivity index (χ1n) is 6.73. The van der Waals surface area contributed by atoms with E-state index in [1.54, 1.807) is 11.8 Å². The minimum Gasteiger partial charge on any atom is -0.341 e. The molecule has 2 bridgehead atoms. The molecule has 2 nitrogen and oxygen atoms in total. The number of piperidine rings is 1. The number of nitrogens with zero attached hydrogens (tertiary/aromatic N) is 1. The third kappa shape index (κ3) is 2.35. The van der Waals surface area contributed by atoms with Gasteiger partial charge in [0.05, 0.1) is 4.75 Å². The number of hydrogen-bond acceptors (Lipinski definition) is 2. The van der Waals surface area contributed by atoms with Gasteiger partial charge in [-0.25, -0.2) is 0 Å². The van der Waals surface area contributed by atoms with E-state index in [4.69, 9.17) is 0 Å². The first kappa shape index (κ1) is 13.3. The minimum absolute atomic E-state index is 0.104. The Kier molecular flexibility index (Phi) is 3.50. The fourth-order valence-electron chi connectivity index (χ4n) is 3.28. The summed E-state index contributed by atoms with van der Waals surface area (Å²) in [7, 11) is 0. The molecule has 0 radical (unpaired) electrons. The summed E-state index contributed by atoms with van der Waals surface area (Å²) in [5, 5.41) is 0. The molecule has 3 heteroatoms. The molecule has 0 spiro atoms.